The Balaban J connectivity index is 2.48. The van der Waals surface area contributed by atoms with Crippen molar-refractivity contribution in [3.8, 4) is 0 Å². The van der Waals surface area contributed by atoms with Gasteiger partial charge in [-0.05, 0) is 0 Å². The number of hydrogen-bond donors (Lipinski definition) is 2. The Kier molecular flexibility index (Phi) is 3.20. The number of allylic oxidation sites excluding steroid dienone is 1. The van der Waals surface area contributed by atoms with Crippen molar-refractivity contribution in [3.63, 3.8) is 0 Å². The maximum atomic E-state index is 11.8. The Morgan fingerprint density at radius 3 is 2.33 bits per heavy atom. The van der Waals surface area contributed by atoms with Crippen molar-refractivity contribution in [3.05, 3.63) is 40.3 Å². The Bertz CT molecular complexity index is 588. The molecule has 0 bridgehead atoms. The topological polar surface area (TPSA) is 91.7 Å². The summed E-state index contributed by atoms with van der Waals surface area (Å²) in [6.07, 6.45) is 0. The SMILES string of the molecule is O=C(O)CSC1=C(O)c2ccccc2C(=O)C1=O. The van der Waals surface area contributed by atoms with Crippen LogP contribution in [0.15, 0.2) is 29.2 Å². The molecule has 2 rings (SSSR count). The van der Waals surface area contributed by atoms with Crippen molar-refractivity contribution >= 4 is 35.1 Å². The molecule has 0 aromatic heterocycles. The van der Waals surface area contributed by atoms with Crippen LogP contribution in [0.2, 0.25) is 0 Å². The highest BCUT2D eigenvalue weighted by Crippen LogP contribution is 2.33. The van der Waals surface area contributed by atoms with Crippen LogP contribution < -0.4 is 0 Å². The Hall–Kier alpha value is -2.08. The first-order valence-electron chi connectivity index (χ1n) is 4.98. The molecule has 0 saturated heterocycles. The maximum Gasteiger partial charge on any atom is 0.313 e. The van der Waals surface area contributed by atoms with Crippen molar-refractivity contribution in [1.82, 2.24) is 0 Å². The molecule has 0 saturated carbocycles. The summed E-state index contributed by atoms with van der Waals surface area (Å²) in [6.45, 7) is 0. The van der Waals surface area contributed by atoms with Gasteiger partial charge in [-0.1, -0.05) is 24.3 Å². The second-order valence-corrected chi connectivity index (χ2v) is 4.55. The molecule has 1 aromatic carbocycles. The minimum Gasteiger partial charge on any atom is -0.506 e. The zero-order chi connectivity index (χ0) is 13.3. The van der Waals surface area contributed by atoms with E-state index < -0.39 is 17.5 Å². The summed E-state index contributed by atoms with van der Waals surface area (Å²) in [5.41, 5.74) is 0.398. The third-order valence-electron chi connectivity index (χ3n) is 2.39. The third-order valence-corrected chi connectivity index (χ3v) is 3.45. The van der Waals surface area contributed by atoms with Gasteiger partial charge in [-0.2, -0.15) is 0 Å². The van der Waals surface area contributed by atoms with E-state index in [1.54, 1.807) is 12.1 Å². The van der Waals surface area contributed by atoms with E-state index >= 15 is 0 Å². The van der Waals surface area contributed by atoms with E-state index in [9.17, 15) is 19.5 Å². The number of aliphatic hydroxyl groups excluding tert-OH is 1. The number of aliphatic hydroxyl groups is 1. The van der Waals surface area contributed by atoms with Crippen molar-refractivity contribution in [1.29, 1.82) is 0 Å². The summed E-state index contributed by atoms with van der Waals surface area (Å²) in [7, 11) is 0. The molecule has 1 aliphatic carbocycles. The van der Waals surface area contributed by atoms with Gasteiger partial charge in [0.1, 0.15) is 10.7 Å². The predicted octanol–water partition coefficient (Wildman–Crippen LogP) is 1.50. The first-order valence-corrected chi connectivity index (χ1v) is 5.97. The van der Waals surface area contributed by atoms with Gasteiger partial charge >= 0.3 is 5.97 Å². The lowest BCUT2D eigenvalue weighted by Crippen LogP contribution is -2.23. The Morgan fingerprint density at radius 2 is 1.72 bits per heavy atom. The van der Waals surface area contributed by atoms with Crippen molar-refractivity contribution in [2.24, 2.45) is 0 Å². The van der Waals surface area contributed by atoms with Gasteiger partial charge in [-0.3, -0.25) is 14.4 Å². The Labute approximate surface area is 106 Å². The van der Waals surface area contributed by atoms with E-state index in [1.165, 1.54) is 12.1 Å². The second-order valence-electron chi connectivity index (χ2n) is 3.56. The van der Waals surface area contributed by atoms with E-state index in [1.807, 2.05) is 0 Å². The molecule has 0 heterocycles. The van der Waals surface area contributed by atoms with Crippen LogP contribution in [0.1, 0.15) is 15.9 Å². The number of benzene rings is 1. The first-order chi connectivity index (χ1) is 8.52. The molecular weight excluding hydrogens is 256 g/mol. The number of Topliss-reactive ketones (excluding diaryl/α,β-unsaturated/α-hetero) is 2. The quantitative estimate of drug-likeness (QED) is 0.804. The molecular formula is C12H8O5S. The highest BCUT2D eigenvalue weighted by molar-refractivity contribution is 8.04. The zero-order valence-corrected chi connectivity index (χ0v) is 9.86. The molecule has 0 aliphatic heterocycles. The van der Waals surface area contributed by atoms with Gasteiger partial charge in [0.15, 0.2) is 0 Å². The normalized spacial score (nSPS) is 14.7. The van der Waals surface area contributed by atoms with E-state index in [0.29, 0.717) is 11.8 Å². The van der Waals surface area contributed by atoms with E-state index in [2.05, 4.69) is 0 Å². The summed E-state index contributed by atoms with van der Waals surface area (Å²) in [4.78, 5) is 33.7. The van der Waals surface area contributed by atoms with Crippen LogP contribution in [0.5, 0.6) is 0 Å². The van der Waals surface area contributed by atoms with Crippen LogP contribution in [0.3, 0.4) is 0 Å². The summed E-state index contributed by atoms with van der Waals surface area (Å²) >= 11 is 0.649. The van der Waals surface area contributed by atoms with Crippen molar-refractivity contribution in [2.75, 3.05) is 5.75 Å². The summed E-state index contributed by atoms with van der Waals surface area (Å²) < 4.78 is 0. The largest absolute Gasteiger partial charge is 0.506 e. The van der Waals surface area contributed by atoms with Crippen LogP contribution >= 0.6 is 11.8 Å². The number of thioether (sulfide) groups is 1. The number of aliphatic carboxylic acids is 1. The van der Waals surface area contributed by atoms with Crippen LogP contribution in [0, 0.1) is 0 Å². The van der Waals surface area contributed by atoms with Crippen LogP contribution in [0.25, 0.3) is 5.76 Å². The molecule has 0 fully saturated rings. The molecule has 2 N–H and O–H groups in total. The first kappa shape index (κ1) is 12.4. The van der Waals surface area contributed by atoms with E-state index in [0.717, 1.165) is 0 Å². The summed E-state index contributed by atoms with van der Waals surface area (Å²) in [6, 6.07) is 6.17. The van der Waals surface area contributed by atoms with Crippen LogP contribution in [-0.4, -0.2) is 33.5 Å². The molecule has 1 aliphatic rings. The molecule has 18 heavy (non-hydrogen) atoms. The number of fused-ring (bicyclic) bond motifs is 1. The zero-order valence-electron chi connectivity index (χ0n) is 9.04. The number of ketones is 2. The highest BCUT2D eigenvalue weighted by atomic mass is 32.2. The standard InChI is InChI=1S/C12H8O5S/c13-8(14)5-18-12-10(16)7-4-2-1-3-6(7)9(15)11(12)17/h1-4,16H,5H2,(H,13,14). The van der Waals surface area contributed by atoms with Gasteiger partial charge < -0.3 is 10.2 Å². The molecule has 92 valence electrons. The van der Waals surface area contributed by atoms with Crippen molar-refractivity contribution in [2.45, 2.75) is 0 Å². The van der Waals surface area contributed by atoms with Crippen LogP contribution in [0.4, 0.5) is 0 Å². The number of hydrogen-bond acceptors (Lipinski definition) is 5. The van der Waals surface area contributed by atoms with Gasteiger partial charge in [0.05, 0.1) is 5.75 Å². The van der Waals surface area contributed by atoms with Gasteiger partial charge in [-0.15, -0.1) is 11.8 Å². The molecule has 6 heteroatoms. The number of carbonyl (C=O) groups is 3. The predicted molar refractivity (Wildman–Crippen MR) is 65.4 cm³/mol. The molecule has 0 amide bonds. The minimum absolute atomic E-state index is 0.139. The van der Waals surface area contributed by atoms with Gasteiger partial charge in [-0.25, -0.2) is 0 Å². The molecule has 0 spiro atoms. The maximum absolute atomic E-state index is 11.8. The average Bonchev–Trinajstić information content (AvgIpc) is 2.36. The second kappa shape index (κ2) is 4.66. The molecule has 0 unspecified atom stereocenters. The highest BCUT2D eigenvalue weighted by Gasteiger charge is 2.33. The lowest BCUT2D eigenvalue weighted by atomic mass is 9.94. The minimum atomic E-state index is -1.13. The summed E-state index contributed by atoms with van der Waals surface area (Å²) in [5.74, 6) is -3.43. The number of carbonyl (C=O) groups excluding carboxylic acids is 2. The Morgan fingerprint density at radius 1 is 1.11 bits per heavy atom. The monoisotopic (exact) mass is 264 g/mol. The van der Waals surface area contributed by atoms with E-state index in [-0.39, 0.29) is 27.5 Å². The fraction of sp³-hybridized carbons (Fsp3) is 0.0833. The molecule has 0 radical (unpaired) electrons. The lowest BCUT2D eigenvalue weighted by Gasteiger charge is -2.16. The van der Waals surface area contributed by atoms with Gasteiger partial charge in [0, 0.05) is 11.1 Å². The summed E-state index contributed by atoms with van der Waals surface area (Å²) in [5, 5.41) is 18.5. The smallest absolute Gasteiger partial charge is 0.313 e. The number of rotatable bonds is 3. The van der Waals surface area contributed by atoms with Crippen molar-refractivity contribution < 1.29 is 24.6 Å². The molecule has 0 atom stereocenters. The average molecular weight is 264 g/mol. The molecule has 1 aromatic rings. The van der Waals surface area contributed by atoms with Gasteiger partial charge in [0.25, 0.3) is 0 Å². The fourth-order valence-electron chi connectivity index (χ4n) is 1.61. The van der Waals surface area contributed by atoms with E-state index in [4.69, 9.17) is 5.11 Å². The third kappa shape index (κ3) is 2.02. The number of carboxylic acids is 1. The fourth-order valence-corrected chi connectivity index (χ4v) is 2.35. The van der Waals surface area contributed by atoms with Crippen LogP contribution in [-0.2, 0) is 9.59 Å². The lowest BCUT2D eigenvalue weighted by molar-refractivity contribution is -0.133. The van der Waals surface area contributed by atoms with Gasteiger partial charge in [0.2, 0.25) is 11.6 Å². The number of carboxylic acid groups (broad SMARTS) is 1. The molecule has 5 nitrogen and oxygen atoms in total.